The molecule has 0 aliphatic rings. The molecule has 0 aliphatic heterocycles. The molecule has 3 nitrogen and oxygen atoms in total. The van der Waals surface area contributed by atoms with E-state index in [0.29, 0.717) is 11.1 Å². The van der Waals surface area contributed by atoms with Crippen molar-refractivity contribution in [3.05, 3.63) is 71.3 Å². The monoisotopic (exact) mass is 256 g/mol. The first kappa shape index (κ1) is 14.8. The quantitative estimate of drug-likeness (QED) is 0.623. The van der Waals surface area contributed by atoms with E-state index in [0.717, 1.165) is 12.0 Å². The third-order valence-electron chi connectivity index (χ3n) is 2.89. The highest BCUT2D eigenvalue weighted by molar-refractivity contribution is 6.49. The summed E-state index contributed by atoms with van der Waals surface area (Å²) in [7, 11) is 0. The Kier molecular flexibility index (Phi) is 5.15. The molecular formula is C16H16O3. The first-order valence-corrected chi connectivity index (χ1v) is 5.96. The van der Waals surface area contributed by atoms with Crippen LogP contribution in [0.4, 0.5) is 0 Å². The molecule has 0 unspecified atom stereocenters. The molecule has 0 radical (unpaired) electrons. The van der Waals surface area contributed by atoms with Crippen LogP contribution in [0.2, 0.25) is 0 Å². The van der Waals surface area contributed by atoms with E-state index in [-0.39, 0.29) is 5.48 Å². The van der Waals surface area contributed by atoms with E-state index in [1.54, 1.807) is 36.4 Å². The van der Waals surface area contributed by atoms with Crippen LogP contribution >= 0.6 is 0 Å². The predicted octanol–water partition coefficient (Wildman–Crippen LogP) is 2.49. The Morgan fingerprint density at radius 3 is 2.05 bits per heavy atom. The summed E-state index contributed by atoms with van der Waals surface area (Å²) in [6.45, 7) is 1.97. The topological polar surface area (TPSA) is 65.6 Å². The third kappa shape index (κ3) is 3.14. The minimum absolute atomic E-state index is 0. The number of ketones is 2. The molecule has 2 aromatic carbocycles. The van der Waals surface area contributed by atoms with Crippen molar-refractivity contribution in [2.24, 2.45) is 0 Å². The summed E-state index contributed by atoms with van der Waals surface area (Å²) < 4.78 is 0. The van der Waals surface area contributed by atoms with Crippen molar-refractivity contribution >= 4 is 11.6 Å². The Balaban J connectivity index is 0.00000180. The van der Waals surface area contributed by atoms with Crippen molar-refractivity contribution in [3.8, 4) is 0 Å². The van der Waals surface area contributed by atoms with E-state index in [1.165, 1.54) is 0 Å². The summed E-state index contributed by atoms with van der Waals surface area (Å²) in [4.78, 5) is 24.2. The Morgan fingerprint density at radius 1 is 0.842 bits per heavy atom. The van der Waals surface area contributed by atoms with Crippen LogP contribution in [0.5, 0.6) is 0 Å². The van der Waals surface area contributed by atoms with Crippen molar-refractivity contribution in [2.45, 2.75) is 13.3 Å². The van der Waals surface area contributed by atoms with Gasteiger partial charge in [-0.25, -0.2) is 0 Å². The average molecular weight is 256 g/mol. The van der Waals surface area contributed by atoms with Gasteiger partial charge in [-0.1, -0.05) is 61.5 Å². The zero-order valence-corrected chi connectivity index (χ0v) is 10.7. The molecule has 3 heteroatoms. The molecule has 2 rings (SSSR count). The Labute approximate surface area is 112 Å². The standard InChI is InChI=1S/C16H14O2.H2O/c1-2-12-8-6-7-11-14(12)16(18)15(17)13-9-4-3-5-10-13;/h3-11H,2H2,1H3;1H2. The summed E-state index contributed by atoms with van der Waals surface area (Å²) in [5.41, 5.74) is 1.86. The SMILES string of the molecule is CCc1ccccc1C(=O)C(=O)c1ccccc1.O. The molecule has 19 heavy (non-hydrogen) atoms. The van der Waals surface area contributed by atoms with Gasteiger partial charge in [0, 0.05) is 11.1 Å². The van der Waals surface area contributed by atoms with Gasteiger partial charge in [0.05, 0.1) is 0 Å². The summed E-state index contributed by atoms with van der Waals surface area (Å²) in [6.07, 6.45) is 0.740. The van der Waals surface area contributed by atoms with Gasteiger partial charge in [0.25, 0.3) is 0 Å². The second-order valence-electron chi connectivity index (χ2n) is 4.03. The number of Topliss-reactive ketones (excluding diaryl/α,β-unsaturated/α-hetero) is 2. The third-order valence-corrected chi connectivity index (χ3v) is 2.89. The van der Waals surface area contributed by atoms with Gasteiger partial charge < -0.3 is 5.48 Å². The fourth-order valence-corrected chi connectivity index (χ4v) is 1.89. The summed E-state index contributed by atoms with van der Waals surface area (Å²) >= 11 is 0. The van der Waals surface area contributed by atoms with Crippen LogP contribution in [0.3, 0.4) is 0 Å². The van der Waals surface area contributed by atoms with Crippen LogP contribution in [0.25, 0.3) is 0 Å². The molecule has 0 atom stereocenters. The van der Waals surface area contributed by atoms with Crippen molar-refractivity contribution < 1.29 is 15.1 Å². The van der Waals surface area contributed by atoms with Crippen LogP contribution < -0.4 is 0 Å². The first-order chi connectivity index (χ1) is 8.74. The van der Waals surface area contributed by atoms with E-state index in [1.807, 2.05) is 25.1 Å². The van der Waals surface area contributed by atoms with E-state index >= 15 is 0 Å². The normalized spacial score (nSPS) is 9.53. The van der Waals surface area contributed by atoms with Gasteiger partial charge in [-0.15, -0.1) is 0 Å². The maximum absolute atomic E-state index is 12.2. The van der Waals surface area contributed by atoms with Crippen LogP contribution in [-0.4, -0.2) is 17.0 Å². The molecule has 2 aromatic rings. The van der Waals surface area contributed by atoms with Crippen molar-refractivity contribution in [3.63, 3.8) is 0 Å². The average Bonchev–Trinajstić information content (AvgIpc) is 2.46. The zero-order valence-electron chi connectivity index (χ0n) is 10.7. The van der Waals surface area contributed by atoms with Gasteiger partial charge >= 0.3 is 0 Å². The van der Waals surface area contributed by atoms with E-state index in [2.05, 4.69) is 0 Å². The molecule has 0 fully saturated rings. The summed E-state index contributed by atoms with van der Waals surface area (Å²) in [6, 6.07) is 15.9. The fraction of sp³-hybridized carbons (Fsp3) is 0.125. The van der Waals surface area contributed by atoms with Crippen LogP contribution in [-0.2, 0) is 6.42 Å². The highest BCUT2D eigenvalue weighted by atomic mass is 16.2. The van der Waals surface area contributed by atoms with Crippen LogP contribution in [0.15, 0.2) is 54.6 Å². The number of rotatable bonds is 4. The molecule has 98 valence electrons. The van der Waals surface area contributed by atoms with Crippen molar-refractivity contribution in [2.75, 3.05) is 0 Å². The number of benzene rings is 2. The summed E-state index contributed by atoms with van der Waals surface area (Å²) in [5.74, 6) is -0.879. The summed E-state index contributed by atoms with van der Waals surface area (Å²) in [5, 5.41) is 0. The number of hydrogen-bond donors (Lipinski definition) is 0. The molecule has 0 aliphatic carbocycles. The Morgan fingerprint density at radius 2 is 1.42 bits per heavy atom. The molecule has 2 N–H and O–H groups in total. The molecule has 0 heterocycles. The maximum atomic E-state index is 12.2. The second-order valence-corrected chi connectivity index (χ2v) is 4.03. The lowest BCUT2D eigenvalue weighted by atomic mass is 9.96. The predicted molar refractivity (Wildman–Crippen MR) is 74.5 cm³/mol. The highest BCUT2D eigenvalue weighted by Gasteiger charge is 2.19. The molecular weight excluding hydrogens is 240 g/mol. The van der Waals surface area contributed by atoms with Gasteiger partial charge in [0.2, 0.25) is 11.6 Å². The number of carbonyl (C=O) groups excluding carboxylic acids is 2. The molecule has 0 saturated carbocycles. The van der Waals surface area contributed by atoms with Crippen LogP contribution in [0.1, 0.15) is 33.2 Å². The van der Waals surface area contributed by atoms with Crippen LogP contribution in [0, 0.1) is 0 Å². The highest BCUT2D eigenvalue weighted by Crippen LogP contribution is 2.13. The minimum Gasteiger partial charge on any atom is -0.412 e. The smallest absolute Gasteiger partial charge is 0.233 e. The molecule has 0 amide bonds. The van der Waals surface area contributed by atoms with Gasteiger partial charge in [-0.2, -0.15) is 0 Å². The fourth-order valence-electron chi connectivity index (χ4n) is 1.89. The lowest BCUT2D eigenvalue weighted by Gasteiger charge is -2.05. The number of aryl methyl sites for hydroxylation is 1. The lowest BCUT2D eigenvalue weighted by Crippen LogP contribution is -2.16. The maximum Gasteiger partial charge on any atom is 0.233 e. The molecule has 0 saturated heterocycles. The lowest BCUT2D eigenvalue weighted by molar-refractivity contribution is 0.0816. The number of carbonyl (C=O) groups is 2. The molecule has 0 aromatic heterocycles. The van der Waals surface area contributed by atoms with Gasteiger partial charge in [-0.05, 0) is 12.0 Å². The Hall–Kier alpha value is -2.26. The van der Waals surface area contributed by atoms with E-state index in [9.17, 15) is 9.59 Å². The zero-order chi connectivity index (χ0) is 13.0. The molecule has 0 bridgehead atoms. The molecule has 0 spiro atoms. The van der Waals surface area contributed by atoms with Crippen molar-refractivity contribution in [1.29, 1.82) is 0 Å². The van der Waals surface area contributed by atoms with Gasteiger partial charge in [0.15, 0.2) is 0 Å². The van der Waals surface area contributed by atoms with E-state index in [4.69, 9.17) is 0 Å². The first-order valence-electron chi connectivity index (χ1n) is 5.96. The number of hydrogen-bond acceptors (Lipinski definition) is 2. The minimum atomic E-state index is -0.448. The second kappa shape index (κ2) is 6.61. The van der Waals surface area contributed by atoms with Gasteiger partial charge in [0.1, 0.15) is 0 Å². The van der Waals surface area contributed by atoms with E-state index < -0.39 is 11.6 Å². The Bertz CT molecular complexity index is 574. The van der Waals surface area contributed by atoms with Gasteiger partial charge in [-0.3, -0.25) is 9.59 Å². The largest absolute Gasteiger partial charge is 0.412 e. The van der Waals surface area contributed by atoms with Crippen molar-refractivity contribution in [1.82, 2.24) is 0 Å².